The number of rotatable bonds is 5. The van der Waals surface area contributed by atoms with Gasteiger partial charge in [-0.3, -0.25) is 14.3 Å². The zero-order valence-electron chi connectivity index (χ0n) is 11.8. The van der Waals surface area contributed by atoms with E-state index in [0.29, 0.717) is 11.1 Å². The van der Waals surface area contributed by atoms with Gasteiger partial charge in [-0.05, 0) is 12.1 Å². The molecule has 3 rings (SSSR count). The van der Waals surface area contributed by atoms with Gasteiger partial charge < -0.3 is 5.84 Å². The van der Waals surface area contributed by atoms with Crippen molar-refractivity contribution in [1.82, 2.24) is 14.9 Å². The molecule has 3 aromatic rings. The van der Waals surface area contributed by atoms with E-state index >= 15 is 0 Å². The Morgan fingerprint density at radius 2 is 1.82 bits per heavy atom. The second-order valence-corrected chi connectivity index (χ2v) is 4.94. The molecule has 6 nitrogen and oxygen atoms in total. The summed E-state index contributed by atoms with van der Waals surface area (Å²) in [7, 11) is 0. The number of carbonyl (C=O) groups excluding carboxylic acids is 2. The molecule has 0 spiro atoms. The number of ketones is 2. The number of benzene rings is 1. The summed E-state index contributed by atoms with van der Waals surface area (Å²) in [5, 5.41) is 8.08. The highest BCUT2D eigenvalue weighted by atomic mass is 16.1. The molecule has 110 valence electrons. The molecule has 0 amide bonds. The highest BCUT2D eigenvalue weighted by Gasteiger charge is 2.16. The quantitative estimate of drug-likeness (QED) is 0.574. The minimum atomic E-state index is -0.125. The number of hydrogen-bond donors (Lipinski definition) is 1. The van der Waals surface area contributed by atoms with Crippen molar-refractivity contribution >= 4 is 22.5 Å². The van der Waals surface area contributed by atoms with Crippen LogP contribution in [0.5, 0.6) is 0 Å². The predicted octanol–water partition coefficient (Wildman–Crippen LogP) is 1.99. The van der Waals surface area contributed by atoms with Gasteiger partial charge in [0.05, 0.1) is 17.9 Å². The Morgan fingerprint density at radius 3 is 2.59 bits per heavy atom. The van der Waals surface area contributed by atoms with Crippen LogP contribution in [0.2, 0.25) is 0 Å². The van der Waals surface area contributed by atoms with E-state index in [0.717, 1.165) is 10.9 Å². The Labute approximate surface area is 126 Å². The normalized spacial score (nSPS) is 10.7. The molecule has 0 unspecified atom stereocenters. The van der Waals surface area contributed by atoms with Crippen molar-refractivity contribution in [3.63, 3.8) is 0 Å². The predicted molar refractivity (Wildman–Crippen MR) is 82.0 cm³/mol. The first-order valence-electron chi connectivity index (χ1n) is 6.85. The number of para-hydroxylation sites is 1. The molecule has 0 aliphatic heterocycles. The van der Waals surface area contributed by atoms with Crippen molar-refractivity contribution in [2.24, 2.45) is 0 Å². The summed E-state index contributed by atoms with van der Waals surface area (Å²) in [6.07, 6.45) is 4.73. The molecular formula is C16H14N4O2. The van der Waals surface area contributed by atoms with Crippen LogP contribution in [-0.4, -0.2) is 26.4 Å². The Morgan fingerprint density at radius 1 is 1.05 bits per heavy atom. The molecular weight excluding hydrogens is 280 g/mol. The third-order valence-corrected chi connectivity index (χ3v) is 3.53. The molecule has 0 aliphatic carbocycles. The number of Topliss-reactive ketones (excluding diaryl/α,β-unsaturated/α-hetero) is 2. The van der Waals surface area contributed by atoms with Crippen LogP contribution in [0.3, 0.4) is 0 Å². The largest absolute Gasteiger partial charge is 0.339 e. The number of nitrogens with zero attached hydrogens (tertiary/aromatic N) is 3. The third-order valence-electron chi connectivity index (χ3n) is 3.53. The summed E-state index contributed by atoms with van der Waals surface area (Å²) in [5.41, 5.74) is 1.79. The maximum Gasteiger partial charge on any atom is 0.165 e. The fourth-order valence-corrected chi connectivity index (χ4v) is 2.39. The van der Waals surface area contributed by atoms with E-state index in [2.05, 4.69) is 10.2 Å². The molecule has 0 bridgehead atoms. The first-order valence-corrected chi connectivity index (χ1v) is 6.85. The van der Waals surface area contributed by atoms with E-state index in [1.165, 1.54) is 17.1 Å². The van der Waals surface area contributed by atoms with Crippen molar-refractivity contribution in [1.29, 1.82) is 0 Å². The maximum absolute atomic E-state index is 12.4. The zero-order valence-corrected chi connectivity index (χ0v) is 11.8. The van der Waals surface area contributed by atoms with Crippen LogP contribution < -0.4 is 5.84 Å². The molecule has 0 radical (unpaired) electrons. The van der Waals surface area contributed by atoms with E-state index in [9.17, 15) is 9.59 Å². The van der Waals surface area contributed by atoms with Gasteiger partial charge in [0.25, 0.3) is 0 Å². The van der Waals surface area contributed by atoms with Crippen LogP contribution in [0.1, 0.15) is 33.6 Å². The highest BCUT2D eigenvalue weighted by Crippen LogP contribution is 2.21. The topological polar surface area (TPSA) is 90.9 Å². The summed E-state index contributed by atoms with van der Waals surface area (Å²) in [6.45, 7) is 0. The van der Waals surface area contributed by atoms with Crippen molar-refractivity contribution in [2.75, 3.05) is 5.84 Å². The Bertz CT molecular complexity index is 840. The monoisotopic (exact) mass is 294 g/mol. The van der Waals surface area contributed by atoms with Crippen LogP contribution in [-0.2, 0) is 0 Å². The lowest BCUT2D eigenvalue weighted by atomic mass is 10.0. The van der Waals surface area contributed by atoms with Gasteiger partial charge in [-0.25, -0.2) is 0 Å². The second-order valence-electron chi connectivity index (χ2n) is 4.94. The molecule has 6 heteroatoms. The van der Waals surface area contributed by atoms with Crippen molar-refractivity contribution in [2.45, 2.75) is 12.8 Å². The summed E-state index contributed by atoms with van der Waals surface area (Å²) in [6, 6.07) is 9.00. The molecule has 0 saturated carbocycles. The molecule has 0 aliphatic rings. The van der Waals surface area contributed by atoms with Crippen molar-refractivity contribution in [3.05, 3.63) is 60.0 Å². The number of hydrogen-bond acceptors (Lipinski definition) is 5. The van der Waals surface area contributed by atoms with Gasteiger partial charge in [-0.1, -0.05) is 18.2 Å². The fraction of sp³-hybridized carbons (Fsp3) is 0.125. The van der Waals surface area contributed by atoms with E-state index < -0.39 is 0 Å². The van der Waals surface area contributed by atoms with Gasteiger partial charge in [-0.15, -0.1) is 0 Å². The molecule has 2 N–H and O–H groups in total. The number of nitrogen functional groups attached to an aromatic ring is 1. The van der Waals surface area contributed by atoms with E-state index in [1.807, 2.05) is 24.3 Å². The Balaban J connectivity index is 1.76. The van der Waals surface area contributed by atoms with Gasteiger partial charge in [-0.2, -0.15) is 10.2 Å². The molecule has 0 atom stereocenters. The molecule has 0 fully saturated rings. The number of nitrogens with two attached hydrogens (primary N) is 1. The van der Waals surface area contributed by atoms with E-state index in [4.69, 9.17) is 5.84 Å². The average molecular weight is 294 g/mol. The fourth-order valence-electron chi connectivity index (χ4n) is 2.39. The SMILES string of the molecule is Nn1cc(C(=O)CCC(=O)c2ccnnc2)c2ccccc21. The Hall–Kier alpha value is -3.02. The molecule has 2 aromatic heterocycles. The van der Waals surface area contributed by atoms with Gasteiger partial charge in [0.1, 0.15) is 0 Å². The highest BCUT2D eigenvalue weighted by molar-refractivity contribution is 6.09. The molecule has 2 heterocycles. The summed E-state index contributed by atoms with van der Waals surface area (Å²) >= 11 is 0. The van der Waals surface area contributed by atoms with Gasteiger partial charge in [0.2, 0.25) is 0 Å². The van der Waals surface area contributed by atoms with Crippen LogP contribution >= 0.6 is 0 Å². The van der Waals surface area contributed by atoms with Crippen molar-refractivity contribution < 1.29 is 9.59 Å². The minimum absolute atomic E-state index is 0.101. The number of fused-ring (bicyclic) bond motifs is 1. The number of aromatic nitrogens is 3. The molecule has 1 aromatic carbocycles. The standard InChI is InChI=1S/C16H14N4O2/c17-20-10-13(12-3-1-2-4-14(12)20)16(22)6-5-15(21)11-7-8-18-19-9-11/h1-4,7-10H,5-6,17H2. The van der Waals surface area contributed by atoms with Crippen LogP contribution in [0.4, 0.5) is 0 Å². The lowest BCUT2D eigenvalue weighted by molar-refractivity contribution is 0.0918. The molecule has 0 saturated heterocycles. The smallest absolute Gasteiger partial charge is 0.165 e. The van der Waals surface area contributed by atoms with Crippen LogP contribution in [0, 0.1) is 0 Å². The number of carbonyl (C=O) groups is 2. The lowest BCUT2D eigenvalue weighted by Crippen LogP contribution is -2.07. The van der Waals surface area contributed by atoms with Crippen LogP contribution in [0.25, 0.3) is 10.9 Å². The first kappa shape index (κ1) is 13.9. The summed E-state index contributed by atoms with van der Waals surface area (Å²) in [5.74, 6) is 5.62. The van der Waals surface area contributed by atoms with Gasteiger partial charge in [0, 0.05) is 35.6 Å². The summed E-state index contributed by atoms with van der Waals surface area (Å²) < 4.78 is 1.43. The first-order chi connectivity index (χ1) is 10.7. The van der Waals surface area contributed by atoms with Crippen molar-refractivity contribution in [3.8, 4) is 0 Å². The Kier molecular flexibility index (Phi) is 3.65. The second kappa shape index (κ2) is 5.77. The minimum Gasteiger partial charge on any atom is -0.339 e. The average Bonchev–Trinajstić information content (AvgIpc) is 2.91. The van der Waals surface area contributed by atoms with Crippen LogP contribution in [0.15, 0.2) is 48.9 Å². The van der Waals surface area contributed by atoms with E-state index in [-0.39, 0.29) is 24.4 Å². The molecule has 22 heavy (non-hydrogen) atoms. The lowest BCUT2D eigenvalue weighted by Gasteiger charge is -2.00. The van der Waals surface area contributed by atoms with Gasteiger partial charge >= 0.3 is 0 Å². The van der Waals surface area contributed by atoms with Gasteiger partial charge in [0.15, 0.2) is 11.6 Å². The third kappa shape index (κ3) is 2.58. The van der Waals surface area contributed by atoms with E-state index in [1.54, 1.807) is 12.3 Å². The zero-order chi connectivity index (χ0) is 15.5. The summed E-state index contributed by atoms with van der Waals surface area (Å²) in [4.78, 5) is 24.4. The maximum atomic E-state index is 12.4.